The summed E-state index contributed by atoms with van der Waals surface area (Å²) in [4.78, 5) is 29.6. The highest BCUT2D eigenvalue weighted by molar-refractivity contribution is 5.89. The quantitative estimate of drug-likeness (QED) is 0.761. The zero-order valence-electron chi connectivity index (χ0n) is 14.1. The summed E-state index contributed by atoms with van der Waals surface area (Å²) >= 11 is 0. The minimum Gasteiger partial charge on any atom is -0.478 e. The number of carboxylic acids is 1. The lowest BCUT2D eigenvalue weighted by atomic mass is 10.0. The van der Waals surface area contributed by atoms with Gasteiger partial charge in [-0.3, -0.25) is 9.48 Å². The Labute approximate surface area is 144 Å². The number of H-pyrrole nitrogens is 1. The Hall–Kier alpha value is -3.22. The van der Waals surface area contributed by atoms with Crippen molar-refractivity contribution in [2.45, 2.75) is 26.8 Å². The third-order valence-electron chi connectivity index (χ3n) is 4.09. The molecule has 0 aliphatic rings. The number of rotatable bonds is 4. The first-order valence-electron chi connectivity index (χ1n) is 7.82. The van der Waals surface area contributed by atoms with Crippen LogP contribution in [0.15, 0.2) is 41.3 Å². The van der Waals surface area contributed by atoms with Gasteiger partial charge in [0.1, 0.15) is 11.5 Å². The maximum absolute atomic E-state index is 11.6. The van der Waals surface area contributed by atoms with Crippen LogP contribution in [0.2, 0.25) is 0 Å². The van der Waals surface area contributed by atoms with Crippen LogP contribution in [0.25, 0.3) is 11.4 Å². The molecule has 1 atom stereocenters. The Balaban J connectivity index is 1.93. The number of benzene rings is 1. The Morgan fingerprint density at radius 2 is 1.96 bits per heavy atom. The minimum atomic E-state index is -0.936. The molecular weight excluding hydrogens is 320 g/mol. The van der Waals surface area contributed by atoms with Gasteiger partial charge < -0.3 is 10.1 Å². The molecule has 2 heterocycles. The highest BCUT2D eigenvalue weighted by Crippen LogP contribution is 2.22. The van der Waals surface area contributed by atoms with Gasteiger partial charge in [-0.25, -0.2) is 9.78 Å². The number of hydrogen-bond donors (Lipinski definition) is 2. The standard InChI is InChI=1S/C18H18N4O3/c1-10-8-13(4-5-14(10)18(24)25)11(2)22-7-6-15(21-22)16-9-17(23)20-12(3)19-16/h4-9,11H,1-3H3,(H,24,25)(H,19,20,23). The van der Waals surface area contributed by atoms with E-state index in [0.29, 0.717) is 28.3 Å². The Morgan fingerprint density at radius 3 is 2.60 bits per heavy atom. The van der Waals surface area contributed by atoms with Crippen LogP contribution in [-0.2, 0) is 0 Å². The first kappa shape index (κ1) is 16.6. The first-order valence-corrected chi connectivity index (χ1v) is 7.82. The minimum absolute atomic E-state index is 0.0848. The van der Waals surface area contributed by atoms with Gasteiger partial charge in [0.05, 0.1) is 17.3 Å². The number of carbonyl (C=O) groups is 1. The number of aryl methyl sites for hydroxylation is 2. The van der Waals surface area contributed by atoms with Gasteiger partial charge in [-0.2, -0.15) is 5.10 Å². The van der Waals surface area contributed by atoms with Gasteiger partial charge in [-0.1, -0.05) is 12.1 Å². The average Bonchev–Trinajstić information content (AvgIpc) is 3.02. The third-order valence-corrected chi connectivity index (χ3v) is 4.09. The van der Waals surface area contributed by atoms with Gasteiger partial charge in [0.2, 0.25) is 0 Å². The van der Waals surface area contributed by atoms with Gasteiger partial charge >= 0.3 is 5.97 Å². The highest BCUT2D eigenvalue weighted by Gasteiger charge is 2.14. The Morgan fingerprint density at radius 1 is 1.20 bits per heavy atom. The fourth-order valence-corrected chi connectivity index (χ4v) is 2.74. The molecule has 7 nitrogen and oxygen atoms in total. The number of hydrogen-bond acceptors (Lipinski definition) is 4. The van der Waals surface area contributed by atoms with Crippen LogP contribution >= 0.6 is 0 Å². The van der Waals surface area contributed by atoms with Crippen LogP contribution in [0.1, 0.15) is 40.3 Å². The van der Waals surface area contributed by atoms with E-state index in [2.05, 4.69) is 15.1 Å². The van der Waals surface area contributed by atoms with E-state index < -0.39 is 5.97 Å². The van der Waals surface area contributed by atoms with Crippen LogP contribution in [0.3, 0.4) is 0 Å². The summed E-state index contributed by atoms with van der Waals surface area (Å²) in [6, 6.07) is 8.38. The molecule has 0 saturated carbocycles. The molecule has 0 spiro atoms. The summed E-state index contributed by atoms with van der Waals surface area (Å²) < 4.78 is 1.77. The molecule has 1 aromatic carbocycles. The van der Waals surface area contributed by atoms with Crippen molar-refractivity contribution in [1.29, 1.82) is 0 Å². The number of aromatic amines is 1. The second kappa shape index (κ2) is 6.35. The predicted molar refractivity (Wildman–Crippen MR) is 92.8 cm³/mol. The second-order valence-corrected chi connectivity index (χ2v) is 5.95. The van der Waals surface area contributed by atoms with Crippen molar-refractivity contribution in [3.05, 3.63) is 69.4 Å². The van der Waals surface area contributed by atoms with E-state index in [-0.39, 0.29) is 11.6 Å². The number of aromatic nitrogens is 4. The van der Waals surface area contributed by atoms with Gasteiger partial charge in [0.25, 0.3) is 5.56 Å². The molecule has 2 N–H and O–H groups in total. The lowest BCUT2D eigenvalue weighted by Crippen LogP contribution is -2.10. The predicted octanol–water partition coefficient (Wildman–Crippen LogP) is 2.56. The van der Waals surface area contributed by atoms with Gasteiger partial charge in [0.15, 0.2) is 0 Å². The molecule has 0 fully saturated rings. The average molecular weight is 338 g/mol. The molecule has 3 aromatic rings. The molecule has 2 aromatic heterocycles. The van der Waals surface area contributed by atoms with Crippen molar-refractivity contribution in [1.82, 2.24) is 19.7 Å². The largest absolute Gasteiger partial charge is 0.478 e. The van der Waals surface area contributed by atoms with Gasteiger partial charge in [-0.15, -0.1) is 0 Å². The molecule has 0 radical (unpaired) electrons. The SMILES string of the molecule is Cc1nc(-c2ccn(C(C)c3ccc(C(=O)O)c(C)c3)n2)cc(=O)[nH]1. The van der Waals surface area contributed by atoms with Crippen LogP contribution in [0.5, 0.6) is 0 Å². The number of nitrogens with one attached hydrogen (secondary N) is 1. The topological polar surface area (TPSA) is 101 Å². The lowest BCUT2D eigenvalue weighted by molar-refractivity contribution is 0.0696. The van der Waals surface area contributed by atoms with E-state index in [1.807, 2.05) is 19.2 Å². The van der Waals surface area contributed by atoms with Crippen LogP contribution in [0, 0.1) is 13.8 Å². The van der Waals surface area contributed by atoms with Crippen molar-refractivity contribution < 1.29 is 9.90 Å². The molecule has 0 aliphatic carbocycles. The van der Waals surface area contributed by atoms with Crippen molar-refractivity contribution >= 4 is 5.97 Å². The molecular formula is C18H18N4O3. The van der Waals surface area contributed by atoms with Gasteiger partial charge in [-0.05, 0) is 44.0 Å². The normalized spacial score (nSPS) is 12.1. The van der Waals surface area contributed by atoms with E-state index in [0.717, 1.165) is 5.56 Å². The van der Waals surface area contributed by atoms with E-state index in [1.165, 1.54) is 6.07 Å². The monoisotopic (exact) mass is 338 g/mol. The van der Waals surface area contributed by atoms with E-state index in [1.54, 1.807) is 36.7 Å². The molecule has 3 rings (SSSR count). The van der Waals surface area contributed by atoms with E-state index in [9.17, 15) is 9.59 Å². The summed E-state index contributed by atoms with van der Waals surface area (Å²) in [5.41, 5.74) is 2.86. The highest BCUT2D eigenvalue weighted by atomic mass is 16.4. The summed E-state index contributed by atoms with van der Waals surface area (Å²) in [5, 5.41) is 13.6. The molecule has 0 aliphatic heterocycles. The molecule has 25 heavy (non-hydrogen) atoms. The Kier molecular flexibility index (Phi) is 4.22. The summed E-state index contributed by atoms with van der Waals surface area (Å²) in [7, 11) is 0. The van der Waals surface area contributed by atoms with Crippen LogP contribution in [0.4, 0.5) is 0 Å². The van der Waals surface area contributed by atoms with Crippen molar-refractivity contribution in [3.63, 3.8) is 0 Å². The number of carboxylic acid groups (broad SMARTS) is 1. The zero-order valence-corrected chi connectivity index (χ0v) is 14.1. The number of nitrogens with zero attached hydrogens (tertiary/aromatic N) is 3. The first-order chi connectivity index (χ1) is 11.8. The number of aromatic carboxylic acids is 1. The van der Waals surface area contributed by atoms with E-state index >= 15 is 0 Å². The third kappa shape index (κ3) is 3.35. The van der Waals surface area contributed by atoms with E-state index in [4.69, 9.17) is 5.11 Å². The fourth-order valence-electron chi connectivity index (χ4n) is 2.74. The van der Waals surface area contributed by atoms with Crippen LogP contribution < -0.4 is 5.56 Å². The lowest BCUT2D eigenvalue weighted by Gasteiger charge is -2.14. The second-order valence-electron chi connectivity index (χ2n) is 5.95. The molecule has 1 unspecified atom stereocenters. The summed E-state index contributed by atoms with van der Waals surface area (Å²) in [6.07, 6.45) is 1.82. The fraction of sp³-hybridized carbons (Fsp3) is 0.222. The summed E-state index contributed by atoms with van der Waals surface area (Å²) in [5.74, 6) is -0.404. The van der Waals surface area contributed by atoms with Crippen molar-refractivity contribution in [2.24, 2.45) is 0 Å². The maximum atomic E-state index is 11.6. The maximum Gasteiger partial charge on any atom is 0.335 e. The molecule has 0 bridgehead atoms. The molecule has 0 amide bonds. The molecule has 128 valence electrons. The van der Waals surface area contributed by atoms with Crippen LogP contribution in [-0.4, -0.2) is 30.8 Å². The summed E-state index contributed by atoms with van der Waals surface area (Å²) in [6.45, 7) is 5.47. The van der Waals surface area contributed by atoms with Crippen molar-refractivity contribution in [2.75, 3.05) is 0 Å². The van der Waals surface area contributed by atoms with Crippen molar-refractivity contribution in [3.8, 4) is 11.4 Å². The molecule has 0 saturated heterocycles. The van der Waals surface area contributed by atoms with Gasteiger partial charge in [0, 0.05) is 12.3 Å². The Bertz CT molecular complexity index is 1000. The molecule has 7 heteroatoms. The zero-order chi connectivity index (χ0) is 18.1. The smallest absolute Gasteiger partial charge is 0.335 e.